The second kappa shape index (κ2) is 8.97. The number of halogens is 5. The number of fused-ring (bicyclic) bond motifs is 1. The van der Waals surface area contributed by atoms with Gasteiger partial charge in [-0.2, -0.15) is 13.2 Å². The zero-order valence-electron chi connectivity index (χ0n) is 17.4. The third-order valence-corrected chi connectivity index (χ3v) is 5.75. The maximum Gasteiger partial charge on any atom is 0.434 e. The standard InChI is InChI=1S/C21H23F5N6/c1-32-7-4-12(5-8-32)3-2-6-27-20-28-11-13(18(31-20)21(24,25)26)19-29-16-9-14(22)15(23)10-17(16)30-19/h9-12H,2-8H2,1H3,(H,29,30)(H,27,28,31). The monoisotopic (exact) mass is 454 g/mol. The van der Waals surface area contributed by atoms with Gasteiger partial charge in [0.05, 0.1) is 16.6 Å². The Morgan fingerprint density at radius 3 is 2.56 bits per heavy atom. The molecule has 6 nitrogen and oxygen atoms in total. The van der Waals surface area contributed by atoms with Gasteiger partial charge in [0.2, 0.25) is 5.95 Å². The minimum Gasteiger partial charge on any atom is -0.354 e. The number of rotatable bonds is 6. The highest BCUT2D eigenvalue weighted by Gasteiger charge is 2.37. The van der Waals surface area contributed by atoms with Crippen molar-refractivity contribution < 1.29 is 22.0 Å². The summed E-state index contributed by atoms with van der Waals surface area (Å²) in [6, 6.07) is 1.66. The summed E-state index contributed by atoms with van der Waals surface area (Å²) < 4.78 is 67.9. The van der Waals surface area contributed by atoms with Gasteiger partial charge in [0.25, 0.3) is 0 Å². The SMILES string of the molecule is CN1CCC(CCCNc2ncc(-c3nc4cc(F)c(F)cc4[nH]3)c(C(F)(F)F)n2)CC1. The predicted molar refractivity (Wildman–Crippen MR) is 110 cm³/mol. The van der Waals surface area contributed by atoms with Crippen molar-refractivity contribution in [1.82, 2.24) is 24.8 Å². The summed E-state index contributed by atoms with van der Waals surface area (Å²) in [6.07, 6.45) is 0.312. The molecule has 1 aliphatic rings. The number of nitrogens with zero attached hydrogens (tertiary/aromatic N) is 4. The summed E-state index contributed by atoms with van der Waals surface area (Å²) in [7, 11) is 2.10. The van der Waals surface area contributed by atoms with Gasteiger partial charge in [-0.3, -0.25) is 0 Å². The van der Waals surface area contributed by atoms with Crippen molar-refractivity contribution in [3.8, 4) is 11.4 Å². The number of benzene rings is 1. The van der Waals surface area contributed by atoms with Crippen molar-refractivity contribution in [3.05, 3.63) is 35.7 Å². The first-order valence-corrected chi connectivity index (χ1v) is 10.4. The molecule has 0 unspecified atom stereocenters. The predicted octanol–water partition coefficient (Wildman–Crippen LogP) is 4.85. The first-order valence-electron chi connectivity index (χ1n) is 10.4. The van der Waals surface area contributed by atoms with Crippen LogP contribution in [0.3, 0.4) is 0 Å². The fraction of sp³-hybridized carbons (Fsp3) is 0.476. The molecule has 3 aromatic rings. The summed E-state index contributed by atoms with van der Waals surface area (Å²) in [5, 5.41) is 2.86. The molecule has 0 amide bonds. The lowest BCUT2D eigenvalue weighted by Gasteiger charge is -2.28. The molecule has 1 fully saturated rings. The van der Waals surface area contributed by atoms with Crippen molar-refractivity contribution in [2.45, 2.75) is 31.9 Å². The smallest absolute Gasteiger partial charge is 0.354 e. The molecular formula is C21H23F5N6. The van der Waals surface area contributed by atoms with E-state index in [1.165, 1.54) is 0 Å². The summed E-state index contributed by atoms with van der Waals surface area (Å²) in [5.41, 5.74) is -1.50. The van der Waals surface area contributed by atoms with Crippen LogP contribution in [0.1, 0.15) is 31.4 Å². The molecule has 2 N–H and O–H groups in total. The molecule has 172 valence electrons. The van der Waals surface area contributed by atoms with Crippen LogP contribution in [0.4, 0.5) is 27.9 Å². The molecule has 1 saturated heterocycles. The van der Waals surface area contributed by atoms with Crippen molar-refractivity contribution in [2.24, 2.45) is 5.92 Å². The van der Waals surface area contributed by atoms with Crippen LogP contribution in [0, 0.1) is 17.6 Å². The lowest BCUT2D eigenvalue weighted by Crippen LogP contribution is -2.30. The topological polar surface area (TPSA) is 69.7 Å². The fourth-order valence-electron chi connectivity index (χ4n) is 3.93. The van der Waals surface area contributed by atoms with E-state index < -0.39 is 29.1 Å². The highest BCUT2D eigenvalue weighted by Crippen LogP contribution is 2.35. The molecule has 3 heterocycles. The van der Waals surface area contributed by atoms with E-state index in [0.29, 0.717) is 12.5 Å². The summed E-state index contributed by atoms with van der Waals surface area (Å²) in [5.74, 6) is -1.98. The van der Waals surface area contributed by atoms with Gasteiger partial charge in [0.15, 0.2) is 17.3 Å². The highest BCUT2D eigenvalue weighted by molar-refractivity contribution is 5.80. The number of nitrogens with one attached hydrogen (secondary N) is 2. The number of hydrogen-bond acceptors (Lipinski definition) is 5. The summed E-state index contributed by atoms with van der Waals surface area (Å²) >= 11 is 0. The van der Waals surface area contributed by atoms with E-state index in [1.807, 2.05) is 0 Å². The van der Waals surface area contributed by atoms with Gasteiger partial charge in [0.1, 0.15) is 5.82 Å². The molecule has 11 heteroatoms. The lowest BCUT2D eigenvalue weighted by atomic mass is 9.92. The van der Waals surface area contributed by atoms with Gasteiger partial charge in [-0.05, 0) is 51.7 Å². The first-order chi connectivity index (χ1) is 15.2. The number of aromatic nitrogens is 4. The third kappa shape index (κ3) is 4.98. The second-order valence-corrected chi connectivity index (χ2v) is 8.14. The molecule has 0 bridgehead atoms. The molecular weight excluding hydrogens is 431 g/mol. The number of alkyl halides is 3. The Labute approximate surface area is 181 Å². The van der Waals surface area contributed by atoms with Gasteiger partial charge in [-0.1, -0.05) is 0 Å². The molecule has 2 aromatic heterocycles. The minimum atomic E-state index is -4.77. The third-order valence-electron chi connectivity index (χ3n) is 5.75. The Morgan fingerprint density at radius 1 is 1.12 bits per heavy atom. The number of likely N-dealkylation sites (tertiary alicyclic amines) is 1. The van der Waals surface area contributed by atoms with E-state index in [9.17, 15) is 22.0 Å². The Hall–Kier alpha value is -2.82. The van der Waals surface area contributed by atoms with Gasteiger partial charge < -0.3 is 15.2 Å². The van der Waals surface area contributed by atoms with Gasteiger partial charge in [0, 0.05) is 24.9 Å². The Balaban J connectivity index is 1.48. The zero-order valence-corrected chi connectivity index (χ0v) is 17.4. The maximum absolute atomic E-state index is 13.7. The van der Waals surface area contributed by atoms with Crippen LogP contribution in [0.15, 0.2) is 18.3 Å². The number of H-pyrrole nitrogens is 1. The molecule has 0 atom stereocenters. The van der Waals surface area contributed by atoms with E-state index >= 15 is 0 Å². The van der Waals surface area contributed by atoms with Gasteiger partial charge in [-0.25, -0.2) is 23.7 Å². The highest BCUT2D eigenvalue weighted by atomic mass is 19.4. The average molecular weight is 454 g/mol. The van der Waals surface area contributed by atoms with Crippen molar-refractivity contribution >= 4 is 17.0 Å². The van der Waals surface area contributed by atoms with Crippen LogP contribution >= 0.6 is 0 Å². The molecule has 0 radical (unpaired) electrons. The second-order valence-electron chi connectivity index (χ2n) is 8.14. The van der Waals surface area contributed by atoms with E-state index in [2.05, 4.69) is 37.2 Å². The van der Waals surface area contributed by atoms with E-state index in [4.69, 9.17) is 0 Å². The van der Waals surface area contributed by atoms with Crippen molar-refractivity contribution in [1.29, 1.82) is 0 Å². The number of anilines is 1. The maximum atomic E-state index is 13.7. The van der Waals surface area contributed by atoms with E-state index in [-0.39, 0.29) is 22.8 Å². The molecule has 4 rings (SSSR count). The Kier molecular flexibility index (Phi) is 6.27. The molecule has 0 spiro atoms. The molecule has 0 aliphatic carbocycles. The van der Waals surface area contributed by atoms with Crippen LogP contribution in [-0.4, -0.2) is 51.5 Å². The summed E-state index contributed by atoms with van der Waals surface area (Å²) in [6.45, 7) is 2.60. The van der Waals surface area contributed by atoms with Crippen LogP contribution < -0.4 is 5.32 Å². The Morgan fingerprint density at radius 2 is 1.84 bits per heavy atom. The summed E-state index contributed by atoms with van der Waals surface area (Å²) in [4.78, 5) is 16.5. The minimum absolute atomic E-state index is 0.00290. The largest absolute Gasteiger partial charge is 0.434 e. The number of hydrogen-bond donors (Lipinski definition) is 2. The van der Waals surface area contributed by atoms with Crippen LogP contribution in [0.5, 0.6) is 0 Å². The van der Waals surface area contributed by atoms with E-state index in [0.717, 1.165) is 57.1 Å². The Bertz CT molecular complexity index is 1050. The number of piperidine rings is 1. The van der Waals surface area contributed by atoms with Gasteiger partial charge >= 0.3 is 6.18 Å². The molecule has 0 saturated carbocycles. The fourth-order valence-corrected chi connectivity index (χ4v) is 3.93. The molecule has 1 aromatic carbocycles. The quantitative estimate of drug-likeness (QED) is 0.412. The normalized spacial score (nSPS) is 16.1. The van der Waals surface area contributed by atoms with Crippen molar-refractivity contribution in [2.75, 3.05) is 32.0 Å². The average Bonchev–Trinajstić information content (AvgIpc) is 3.14. The zero-order chi connectivity index (χ0) is 22.9. The first kappa shape index (κ1) is 22.4. The van der Waals surface area contributed by atoms with Crippen LogP contribution in [0.2, 0.25) is 0 Å². The lowest BCUT2D eigenvalue weighted by molar-refractivity contribution is -0.140. The van der Waals surface area contributed by atoms with Crippen LogP contribution in [0.25, 0.3) is 22.4 Å². The molecule has 32 heavy (non-hydrogen) atoms. The van der Waals surface area contributed by atoms with E-state index in [1.54, 1.807) is 0 Å². The van der Waals surface area contributed by atoms with Gasteiger partial charge in [-0.15, -0.1) is 0 Å². The number of aromatic amines is 1. The van der Waals surface area contributed by atoms with Crippen LogP contribution in [-0.2, 0) is 6.18 Å². The number of imidazole rings is 1. The molecule has 1 aliphatic heterocycles. The van der Waals surface area contributed by atoms with Crippen molar-refractivity contribution in [3.63, 3.8) is 0 Å².